The zero-order valence-electron chi connectivity index (χ0n) is 10.0. The number of rotatable bonds is 3. The second-order valence-corrected chi connectivity index (χ2v) is 4.64. The highest BCUT2D eigenvalue weighted by Gasteiger charge is 2.18. The van der Waals surface area contributed by atoms with Crippen LogP contribution < -0.4 is 16.8 Å². The van der Waals surface area contributed by atoms with Gasteiger partial charge in [0.2, 0.25) is 5.91 Å². The number of nitrogens with two attached hydrogens (primary N) is 2. The van der Waals surface area contributed by atoms with E-state index in [9.17, 15) is 9.59 Å². The highest BCUT2D eigenvalue weighted by atomic mass is 16.2. The topological polar surface area (TPSA) is 129 Å². The lowest BCUT2D eigenvalue weighted by atomic mass is 10.1. The van der Waals surface area contributed by atoms with Gasteiger partial charge < -0.3 is 16.8 Å². The fourth-order valence-electron chi connectivity index (χ4n) is 1.21. The molecule has 8 heteroatoms. The Morgan fingerprint density at radius 3 is 2.41 bits per heavy atom. The number of nitrogens with zero attached hydrogens (tertiary/aromatic N) is 3. The molecular weight excluding hydrogens is 224 g/mol. The summed E-state index contributed by atoms with van der Waals surface area (Å²) < 4.78 is 1.13. The average molecular weight is 240 g/mol. The first-order chi connectivity index (χ1) is 7.70. The molecule has 1 aromatic rings. The van der Waals surface area contributed by atoms with Crippen LogP contribution in [0.15, 0.2) is 0 Å². The number of nitrogen functional groups attached to an aromatic ring is 1. The molecular formula is C9H16N6O2. The molecule has 5 N–H and O–H groups in total. The van der Waals surface area contributed by atoms with Crippen LogP contribution in [0.1, 0.15) is 31.3 Å². The van der Waals surface area contributed by atoms with Crippen molar-refractivity contribution in [3.8, 4) is 0 Å². The van der Waals surface area contributed by atoms with Crippen molar-refractivity contribution in [2.45, 2.75) is 32.9 Å². The first kappa shape index (κ1) is 12.9. The Hall–Kier alpha value is -2.12. The fraction of sp³-hybridized carbons (Fsp3) is 0.556. The molecule has 0 atom stereocenters. The van der Waals surface area contributed by atoms with Crippen LogP contribution in [-0.4, -0.2) is 32.3 Å². The van der Waals surface area contributed by atoms with Crippen LogP contribution in [0.5, 0.6) is 0 Å². The summed E-state index contributed by atoms with van der Waals surface area (Å²) in [5.41, 5.74) is 10.1. The minimum absolute atomic E-state index is 0.0124. The molecule has 0 bridgehead atoms. The predicted molar refractivity (Wildman–Crippen MR) is 60.8 cm³/mol. The van der Waals surface area contributed by atoms with Gasteiger partial charge in [-0.1, -0.05) is 5.21 Å². The number of carbonyl (C=O) groups is 2. The van der Waals surface area contributed by atoms with E-state index in [-0.39, 0.29) is 29.5 Å². The van der Waals surface area contributed by atoms with E-state index >= 15 is 0 Å². The Labute approximate surface area is 98.3 Å². The van der Waals surface area contributed by atoms with Crippen molar-refractivity contribution in [1.82, 2.24) is 20.3 Å². The molecule has 8 nitrogen and oxygen atoms in total. The van der Waals surface area contributed by atoms with Crippen LogP contribution in [0.3, 0.4) is 0 Å². The van der Waals surface area contributed by atoms with Gasteiger partial charge in [-0.25, -0.2) is 4.68 Å². The number of hydrogen-bond donors (Lipinski definition) is 3. The molecule has 94 valence electrons. The highest BCUT2D eigenvalue weighted by Crippen LogP contribution is 2.06. The molecule has 1 rings (SSSR count). The van der Waals surface area contributed by atoms with Crippen LogP contribution in [-0.2, 0) is 11.3 Å². The molecule has 0 fully saturated rings. The summed E-state index contributed by atoms with van der Waals surface area (Å²) in [7, 11) is 0. The summed E-state index contributed by atoms with van der Waals surface area (Å²) >= 11 is 0. The summed E-state index contributed by atoms with van der Waals surface area (Å²) in [6.45, 7) is 5.45. The second-order valence-electron chi connectivity index (χ2n) is 4.64. The van der Waals surface area contributed by atoms with Crippen molar-refractivity contribution < 1.29 is 9.59 Å². The van der Waals surface area contributed by atoms with E-state index in [0.717, 1.165) is 4.68 Å². The van der Waals surface area contributed by atoms with E-state index in [1.54, 1.807) is 0 Å². The van der Waals surface area contributed by atoms with Crippen molar-refractivity contribution >= 4 is 17.6 Å². The van der Waals surface area contributed by atoms with Crippen LogP contribution in [0.25, 0.3) is 0 Å². The molecule has 0 unspecified atom stereocenters. The monoisotopic (exact) mass is 240 g/mol. The van der Waals surface area contributed by atoms with E-state index in [2.05, 4.69) is 15.6 Å². The van der Waals surface area contributed by atoms with E-state index in [1.807, 2.05) is 20.8 Å². The molecule has 2 amide bonds. The second kappa shape index (κ2) is 4.40. The normalized spacial score (nSPS) is 11.2. The zero-order chi connectivity index (χ0) is 13.2. The Bertz CT molecular complexity index is 445. The Kier molecular flexibility index (Phi) is 3.35. The number of carbonyl (C=O) groups excluding carboxylic acids is 2. The van der Waals surface area contributed by atoms with Gasteiger partial charge in [0.1, 0.15) is 6.54 Å². The predicted octanol–water partition coefficient (Wildman–Crippen LogP) is -1.13. The molecule has 0 aliphatic carbocycles. The van der Waals surface area contributed by atoms with Crippen LogP contribution in [0.4, 0.5) is 5.82 Å². The van der Waals surface area contributed by atoms with Crippen LogP contribution in [0.2, 0.25) is 0 Å². The van der Waals surface area contributed by atoms with Crippen LogP contribution in [0, 0.1) is 0 Å². The fourth-order valence-corrected chi connectivity index (χ4v) is 1.21. The number of hydrogen-bond acceptors (Lipinski definition) is 5. The number of amides is 2. The lowest BCUT2D eigenvalue weighted by Gasteiger charge is -2.20. The maximum Gasteiger partial charge on any atom is 0.273 e. The largest absolute Gasteiger partial charge is 0.382 e. The molecule has 0 aromatic carbocycles. The average Bonchev–Trinajstić information content (AvgIpc) is 2.44. The SMILES string of the molecule is CC(C)(C)NC(=O)Cn1nnc(C(N)=O)c1N. The summed E-state index contributed by atoms with van der Waals surface area (Å²) in [6.07, 6.45) is 0. The molecule has 0 radical (unpaired) electrons. The van der Waals surface area contributed by atoms with Gasteiger partial charge in [0.05, 0.1) is 0 Å². The smallest absolute Gasteiger partial charge is 0.273 e. The van der Waals surface area contributed by atoms with E-state index in [1.165, 1.54) is 0 Å². The summed E-state index contributed by atoms with van der Waals surface area (Å²) in [4.78, 5) is 22.5. The maximum atomic E-state index is 11.6. The Morgan fingerprint density at radius 2 is 2.00 bits per heavy atom. The standard InChI is InChI=1S/C9H16N6O2/c1-9(2,3)12-5(16)4-15-7(10)6(8(11)17)13-14-15/h4,10H2,1-3H3,(H2,11,17)(H,12,16). The van der Waals surface area contributed by atoms with Crippen molar-refractivity contribution in [3.05, 3.63) is 5.69 Å². The summed E-state index contributed by atoms with van der Waals surface area (Å²) in [5.74, 6) is -1.06. The summed E-state index contributed by atoms with van der Waals surface area (Å²) in [6, 6.07) is 0. The van der Waals surface area contributed by atoms with Crippen molar-refractivity contribution in [2.75, 3.05) is 5.73 Å². The van der Waals surface area contributed by atoms with Gasteiger partial charge in [-0.05, 0) is 20.8 Å². The highest BCUT2D eigenvalue weighted by molar-refractivity contribution is 5.95. The molecule has 0 aliphatic rings. The number of anilines is 1. The number of nitrogens with one attached hydrogen (secondary N) is 1. The van der Waals surface area contributed by atoms with Crippen molar-refractivity contribution in [3.63, 3.8) is 0 Å². The molecule has 0 spiro atoms. The molecule has 0 aliphatic heterocycles. The van der Waals surface area contributed by atoms with Gasteiger partial charge in [0, 0.05) is 5.54 Å². The number of primary amides is 1. The van der Waals surface area contributed by atoms with Crippen molar-refractivity contribution in [2.24, 2.45) is 5.73 Å². The maximum absolute atomic E-state index is 11.6. The quantitative estimate of drug-likeness (QED) is 0.616. The Morgan fingerprint density at radius 1 is 1.41 bits per heavy atom. The third kappa shape index (κ3) is 3.44. The third-order valence-corrected chi connectivity index (χ3v) is 1.81. The minimum atomic E-state index is -0.773. The van der Waals surface area contributed by atoms with Gasteiger partial charge in [0.15, 0.2) is 11.5 Å². The zero-order valence-corrected chi connectivity index (χ0v) is 10.0. The van der Waals surface area contributed by atoms with E-state index in [4.69, 9.17) is 11.5 Å². The van der Waals surface area contributed by atoms with Gasteiger partial charge in [-0.15, -0.1) is 5.10 Å². The minimum Gasteiger partial charge on any atom is -0.382 e. The lowest BCUT2D eigenvalue weighted by molar-refractivity contribution is -0.123. The lowest BCUT2D eigenvalue weighted by Crippen LogP contribution is -2.42. The van der Waals surface area contributed by atoms with E-state index in [0.29, 0.717) is 0 Å². The van der Waals surface area contributed by atoms with Gasteiger partial charge >= 0.3 is 0 Å². The molecule has 1 aromatic heterocycles. The molecule has 0 saturated carbocycles. The van der Waals surface area contributed by atoms with Crippen molar-refractivity contribution in [1.29, 1.82) is 0 Å². The van der Waals surface area contributed by atoms with Gasteiger partial charge in [0.25, 0.3) is 5.91 Å². The third-order valence-electron chi connectivity index (χ3n) is 1.81. The van der Waals surface area contributed by atoms with E-state index < -0.39 is 5.91 Å². The van der Waals surface area contributed by atoms with Gasteiger partial charge in [-0.3, -0.25) is 9.59 Å². The first-order valence-electron chi connectivity index (χ1n) is 5.00. The van der Waals surface area contributed by atoms with Crippen LogP contribution >= 0.6 is 0 Å². The number of aromatic nitrogens is 3. The first-order valence-corrected chi connectivity index (χ1v) is 5.00. The molecule has 0 saturated heterocycles. The molecule has 1 heterocycles. The Balaban J connectivity index is 2.76. The summed E-state index contributed by atoms with van der Waals surface area (Å²) in [5, 5.41) is 9.82. The molecule has 17 heavy (non-hydrogen) atoms. The van der Waals surface area contributed by atoms with Gasteiger partial charge in [-0.2, -0.15) is 0 Å².